The number of amides is 2. The van der Waals surface area contributed by atoms with E-state index >= 15 is 0 Å². The third-order valence-electron chi connectivity index (χ3n) is 2.59. The van der Waals surface area contributed by atoms with Gasteiger partial charge >= 0.3 is 0 Å². The number of rotatable bonds is 2. The van der Waals surface area contributed by atoms with Crippen LogP contribution in [0.1, 0.15) is 6.42 Å². The lowest BCUT2D eigenvalue weighted by molar-refractivity contribution is -0.136. The lowest BCUT2D eigenvalue weighted by atomic mass is 10.3. The largest absolute Gasteiger partial charge is 0.396 e. The number of nitrogen functional groups attached to an aromatic ring is 1. The van der Waals surface area contributed by atoms with E-state index in [1.807, 2.05) is 0 Å². The third-order valence-corrected chi connectivity index (χ3v) is 3.77. The van der Waals surface area contributed by atoms with Crippen LogP contribution in [0.25, 0.3) is 0 Å². The van der Waals surface area contributed by atoms with Crippen molar-refractivity contribution in [3.05, 3.63) is 24.0 Å². The van der Waals surface area contributed by atoms with Crippen LogP contribution >= 0.6 is 11.8 Å². The van der Waals surface area contributed by atoms with E-state index in [-0.39, 0.29) is 23.9 Å². The molecule has 1 unspecified atom stereocenters. The minimum atomic E-state index is -0.514. The Labute approximate surface area is 102 Å². The maximum atomic E-state index is 13.2. The number of imide groups is 1. The summed E-state index contributed by atoms with van der Waals surface area (Å²) in [6.45, 7) is 0. The summed E-state index contributed by atoms with van der Waals surface area (Å²) in [5, 5.41) is -0.462. The van der Waals surface area contributed by atoms with Gasteiger partial charge in [-0.2, -0.15) is 0 Å². The molecule has 2 rings (SSSR count). The molecule has 90 valence electrons. The van der Waals surface area contributed by atoms with Crippen molar-refractivity contribution in [1.29, 1.82) is 0 Å². The van der Waals surface area contributed by atoms with Crippen molar-refractivity contribution in [2.75, 3.05) is 12.8 Å². The zero-order chi connectivity index (χ0) is 12.6. The molecule has 6 heteroatoms. The molecule has 1 aliphatic rings. The first-order valence-corrected chi connectivity index (χ1v) is 5.89. The van der Waals surface area contributed by atoms with E-state index in [1.54, 1.807) is 6.07 Å². The number of nitrogens with two attached hydrogens (primary N) is 1. The summed E-state index contributed by atoms with van der Waals surface area (Å²) in [5.41, 5.74) is 5.42. The molecule has 1 saturated heterocycles. The minimum Gasteiger partial charge on any atom is -0.396 e. The predicted molar refractivity (Wildman–Crippen MR) is 62.9 cm³/mol. The number of carbonyl (C=O) groups is 2. The van der Waals surface area contributed by atoms with Gasteiger partial charge in [0.1, 0.15) is 5.82 Å². The number of thioether (sulfide) groups is 1. The Morgan fingerprint density at radius 3 is 2.71 bits per heavy atom. The lowest BCUT2D eigenvalue weighted by Crippen LogP contribution is -2.26. The van der Waals surface area contributed by atoms with Crippen LogP contribution in [0, 0.1) is 5.82 Å². The molecule has 1 heterocycles. The van der Waals surface area contributed by atoms with Crippen LogP contribution in [0.15, 0.2) is 23.1 Å². The fraction of sp³-hybridized carbons (Fsp3) is 0.273. The molecular weight excluding hydrogens is 243 g/mol. The highest BCUT2D eigenvalue weighted by molar-refractivity contribution is 8.00. The molecular formula is C11H11FN2O2S. The van der Waals surface area contributed by atoms with Gasteiger partial charge in [0.25, 0.3) is 0 Å². The van der Waals surface area contributed by atoms with Gasteiger partial charge in [0.05, 0.1) is 10.9 Å². The molecule has 1 fully saturated rings. The fourth-order valence-electron chi connectivity index (χ4n) is 1.56. The van der Waals surface area contributed by atoms with Crippen molar-refractivity contribution >= 4 is 29.3 Å². The highest BCUT2D eigenvalue weighted by Crippen LogP contribution is 2.31. The molecule has 17 heavy (non-hydrogen) atoms. The van der Waals surface area contributed by atoms with Crippen LogP contribution in [0.3, 0.4) is 0 Å². The van der Waals surface area contributed by atoms with Gasteiger partial charge in [0.15, 0.2) is 0 Å². The molecule has 0 radical (unpaired) electrons. The Bertz CT molecular complexity index is 492. The molecule has 1 aromatic carbocycles. The van der Waals surface area contributed by atoms with Crippen molar-refractivity contribution in [3.63, 3.8) is 0 Å². The molecule has 1 aliphatic heterocycles. The second-order valence-corrected chi connectivity index (χ2v) is 5.06. The summed E-state index contributed by atoms with van der Waals surface area (Å²) in [7, 11) is 1.45. The van der Waals surface area contributed by atoms with Gasteiger partial charge in [0.2, 0.25) is 11.8 Å². The van der Waals surface area contributed by atoms with Gasteiger partial charge in [-0.3, -0.25) is 14.5 Å². The van der Waals surface area contributed by atoms with E-state index in [2.05, 4.69) is 0 Å². The maximum absolute atomic E-state index is 13.2. The van der Waals surface area contributed by atoms with E-state index in [4.69, 9.17) is 5.73 Å². The van der Waals surface area contributed by atoms with Crippen LogP contribution in [-0.2, 0) is 9.59 Å². The number of likely N-dealkylation sites (tertiary alicyclic amines) is 1. The van der Waals surface area contributed by atoms with E-state index in [1.165, 1.54) is 30.9 Å². The first-order valence-electron chi connectivity index (χ1n) is 5.01. The number of carbonyl (C=O) groups excluding carboxylic acids is 2. The van der Waals surface area contributed by atoms with Crippen LogP contribution in [0.4, 0.5) is 10.1 Å². The molecule has 2 N–H and O–H groups in total. The quantitative estimate of drug-likeness (QED) is 0.637. The lowest BCUT2D eigenvalue weighted by Gasteiger charge is -2.08. The third kappa shape index (κ3) is 2.26. The zero-order valence-electron chi connectivity index (χ0n) is 9.14. The summed E-state index contributed by atoms with van der Waals surface area (Å²) in [6, 6.07) is 4.36. The zero-order valence-corrected chi connectivity index (χ0v) is 9.96. The Kier molecular flexibility index (Phi) is 3.06. The van der Waals surface area contributed by atoms with Crippen molar-refractivity contribution in [2.24, 2.45) is 0 Å². The van der Waals surface area contributed by atoms with Crippen molar-refractivity contribution < 1.29 is 14.0 Å². The molecule has 0 spiro atoms. The summed E-state index contributed by atoms with van der Waals surface area (Å²) >= 11 is 1.18. The molecule has 0 saturated carbocycles. The van der Waals surface area contributed by atoms with Crippen molar-refractivity contribution in [3.8, 4) is 0 Å². The van der Waals surface area contributed by atoms with Crippen LogP contribution in [-0.4, -0.2) is 29.0 Å². The van der Waals surface area contributed by atoms with E-state index in [0.29, 0.717) is 4.90 Å². The SMILES string of the molecule is CN1C(=O)CC(Sc2ccc(N)c(F)c2)C1=O. The van der Waals surface area contributed by atoms with E-state index in [0.717, 1.165) is 4.90 Å². The number of hydrogen-bond donors (Lipinski definition) is 1. The second kappa shape index (κ2) is 4.37. The second-order valence-electron chi connectivity index (χ2n) is 3.78. The summed E-state index contributed by atoms with van der Waals surface area (Å²) in [5.74, 6) is -0.958. The van der Waals surface area contributed by atoms with Gasteiger partial charge in [-0.25, -0.2) is 4.39 Å². The molecule has 0 aromatic heterocycles. The topological polar surface area (TPSA) is 63.4 Å². The number of nitrogens with zero attached hydrogens (tertiary/aromatic N) is 1. The Morgan fingerprint density at radius 2 is 2.18 bits per heavy atom. The number of anilines is 1. The number of halogens is 1. The molecule has 0 bridgehead atoms. The predicted octanol–water partition coefficient (Wildman–Crippen LogP) is 1.26. The monoisotopic (exact) mass is 254 g/mol. The standard InChI is InChI=1S/C11H11FN2O2S/c1-14-10(15)5-9(11(14)16)17-6-2-3-8(13)7(12)4-6/h2-4,9H,5,13H2,1H3. The maximum Gasteiger partial charge on any atom is 0.242 e. The number of hydrogen-bond acceptors (Lipinski definition) is 4. The van der Waals surface area contributed by atoms with Gasteiger partial charge < -0.3 is 5.73 Å². The summed E-state index contributed by atoms with van der Waals surface area (Å²) in [6.07, 6.45) is 0.159. The normalized spacial score (nSPS) is 20.1. The summed E-state index contributed by atoms with van der Waals surface area (Å²) in [4.78, 5) is 24.6. The molecule has 0 aliphatic carbocycles. The van der Waals surface area contributed by atoms with Gasteiger partial charge in [-0.15, -0.1) is 11.8 Å². The van der Waals surface area contributed by atoms with Crippen LogP contribution < -0.4 is 5.73 Å². The summed E-state index contributed by atoms with van der Waals surface area (Å²) < 4.78 is 13.2. The van der Waals surface area contributed by atoms with Crippen molar-refractivity contribution in [1.82, 2.24) is 4.90 Å². The average Bonchev–Trinajstić information content (AvgIpc) is 2.52. The minimum absolute atomic E-state index is 0.0697. The Balaban J connectivity index is 2.14. The number of benzene rings is 1. The van der Waals surface area contributed by atoms with Gasteiger partial charge in [-0.1, -0.05) is 0 Å². The highest BCUT2D eigenvalue weighted by atomic mass is 32.2. The van der Waals surface area contributed by atoms with Crippen LogP contribution in [0.2, 0.25) is 0 Å². The average molecular weight is 254 g/mol. The first-order chi connectivity index (χ1) is 7.99. The van der Waals surface area contributed by atoms with Crippen LogP contribution in [0.5, 0.6) is 0 Å². The van der Waals surface area contributed by atoms with E-state index < -0.39 is 11.1 Å². The molecule has 1 aromatic rings. The van der Waals surface area contributed by atoms with Gasteiger partial charge in [0, 0.05) is 18.4 Å². The van der Waals surface area contributed by atoms with Crippen molar-refractivity contribution in [2.45, 2.75) is 16.6 Å². The fourth-order valence-corrected chi connectivity index (χ4v) is 2.69. The van der Waals surface area contributed by atoms with E-state index in [9.17, 15) is 14.0 Å². The Hall–Kier alpha value is -1.56. The highest BCUT2D eigenvalue weighted by Gasteiger charge is 2.36. The molecule has 4 nitrogen and oxygen atoms in total. The Morgan fingerprint density at radius 1 is 1.47 bits per heavy atom. The first kappa shape index (κ1) is 11.9. The van der Waals surface area contributed by atoms with Gasteiger partial charge in [-0.05, 0) is 18.2 Å². The molecule has 1 atom stereocenters. The smallest absolute Gasteiger partial charge is 0.242 e. The molecule has 2 amide bonds.